The van der Waals surface area contributed by atoms with E-state index < -0.39 is 6.61 Å². The minimum Gasteiger partial charge on any atom is -0.434 e. The van der Waals surface area contributed by atoms with Crippen LogP contribution in [0.4, 0.5) is 20.5 Å². The Morgan fingerprint density at radius 2 is 1.54 bits per heavy atom. The van der Waals surface area contributed by atoms with Crippen LogP contribution in [0.1, 0.15) is 88.2 Å². The first-order valence-electron chi connectivity index (χ1n) is 15.0. The summed E-state index contributed by atoms with van der Waals surface area (Å²) in [4.78, 5) is 8.80. The Hall–Kier alpha value is -3.03. The second kappa shape index (κ2) is 11.0. The Kier molecular flexibility index (Phi) is 7.53. The van der Waals surface area contributed by atoms with Gasteiger partial charge in [0.05, 0.1) is 11.8 Å². The van der Waals surface area contributed by atoms with E-state index in [1.54, 1.807) is 18.2 Å². The third-order valence-corrected chi connectivity index (χ3v) is 10.8. The van der Waals surface area contributed by atoms with Gasteiger partial charge in [0.1, 0.15) is 23.2 Å². The summed E-state index contributed by atoms with van der Waals surface area (Å²) >= 11 is 0. The number of aromatic nitrogens is 2. The number of halogens is 2. The van der Waals surface area contributed by atoms with Crippen molar-refractivity contribution >= 4 is 11.8 Å². The first kappa shape index (κ1) is 28.1. The van der Waals surface area contributed by atoms with Gasteiger partial charge in [-0.1, -0.05) is 18.2 Å². The van der Waals surface area contributed by atoms with Crippen LogP contribution in [-0.4, -0.2) is 45.9 Å². The maximum Gasteiger partial charge on any atom is 0.387 e. The van der Waals surface area contributed by atoms with E-state index in [0.717, 1.165) is 90.1 Å². The Labute approximate surface area is 240 Å². The third-order valence-electron chi connectivity index (χ3n) is 10.8. The van der Waals surface area contributed by atoms with Crippen LogP contribution in [0.25, 0.3) is 0 Å². The fraction of sp³-hybridized carbons (Fsp3) is 0.645. The highest BCUT2D eigenvalue weighted by molar-refractivity contribution is 5.53. The number of alkyl halides is 2. The van der Waals surface area contributed by atoms with Gasteiger partial charge in [-0.3, -0.25) is 0 Å². The van der Waals surface area contributed by atoms with Crippen molar-refractivity contribution in [2.45, 2.75) is 101 Å². The Balaban J connectivity index is 1.04. The minimum atomic E-state index is -2.90. The summed E-state index contributed by atoms with van der Waals surface area (Å²) in [5.74, 6) is 0.908. The van der Waals surface area contributed by atoms with E-state index in [9.17, 15) is 19.1 Å². The molecule has 0 spiro atoms. The first-order chi connectivity index (χ1) is 19.7. The molecule has 6 saturated carbocycles. The Morgan fingerprint density at radius 3 is 2.20 bits per heavy atom. The van der Waals surface area contributed by atoms with Crippen LogP contribution < -0.4 is 20.7 Å². The highest BCUT2D eigenvalue weighted by Gasteiger charge is 2.51. The lowest BCUT2D eigenvalue weighted by atomic mass is 9.56. The molecule has 1 heterocycles. The van der Waals surface area contributed by atoms with Gasteiger partial charge in [-0.15, -0.1) is 0 Å². The number of nitrogens with one attached hydrogen (secondary N) is 3. The van der Waals surface area contributed by atoms with E-state index in [0.29, 0.717) is 28.3 Å². The number of anilines is 2. The van der Waals surface area contributed by atoms with Crippen molar-refractivity contribution in [2.75, 3.05) is 23.7 Å². The molecule has 4 N–H and O–H groups in total. The topological polar surface area (TPSA) is 115 Å². The van der Waals surface area contributed by atoms with Crippen molar-refractivity contribution in [2.24, 2.45) is 10.8 Å². The average Bonchev–Trinajstić information content (AvgIpc) is 3.00. The van der Waals surface area contributed by atoms with Crippen molar-refractivity contribution in [3.05, 3.63) is 41.6 Å². The number of rotatable bonds is 11. The van der Waals surface area contributed by atoms with E-state index in [1.807, 2.05) is 0 Å². The summed E-state index contributed by atoms with van der Waals surface area (Å²) in [5, 5.41) is 30.8. The molecule has 41 heavy (non-hydrogen) atoms. The van der Waals surface area contributed by atoms with Gasteiger partial charge in [-0.2, -0.15) is 19.0 Å². The number of ether oxygens (including phenoxy) is 1. The second-order valence-electron chi connectivity index (χ2n) is 13.1. The second-order valence-corrected chi connectivity index (χ2v) is 13.1. The largest absolute Gasteiger partial charge is 0.434 e. The summed E-state index contributed by atoms with van der Waals surface area (Å²) < 4.78 is 30.1. The molecular formula is C31H40F2N6O2. The molecule has 0 atom stereocenters. The van der Waals surface area contributed by atoms with E-state index in [2.05, 4.69) is 36.7 Å². The first-order valence-corrected chi connectivity index (χ1v) is 15.0. The van der Waals surface area contributed by atoms with Crippen molar-refractivity contribution in [3.63, 3.8) is 0 Å². The van der Waals surface area contributed by atoms with Crippen LogP contribution >= 0.6 is 0 Å². The molecule has 0 aliphatic heterocycles. The van der Waals surface area contributed by atoms with Crippen molar-refractivity contribution in [1.82, 2.24) is 15.3 Å². The number of nitrogens with zero attached hydrogens (tertiary/aromatic N) is 3. The number of benzene rings is 1. The van der Waals surface area contributed by atoms with E-state index in [-0.39, 0.29) is 28.8 Å². The van der Waals surface area contributed by atoms with Crippen molar-refractivity contribution in [3.8, 4) is 11.8 Å². The molecule has 220 valence electrons. The zero-order valence-electron chi connectivity index (χ0n) is 23.5. The molecule has 0 amide bonds. The molecule has 4 bridgehead atoms. The number of aliphatic hydroxyl groups is 1. The predicted molar refractivity (Wildman–Crippen MR) is 152 cm³/mol. The number of nitriles is 1. The van der Waals surface area contributed by atoms with E-state index in [4.69, 9.17) is 0 Å². The summed E-state index contributed by atoms with van der Waals surface area (Å²) in [6.45, 7) is -0.869. The summed E-state index contributed by atoms with van der Waals surface area (Å²) in [5.41, 5.74) is 1.34. The fourth-order valence-electron chi connectivity index (χ4n) is 7.67. The van der Waals surface area contributed by atoms with Gasteiger partial charge < -0.3 is 25.8 Å². The van der Waals surface area contributed by atoms with Gasteiger partial charge in [0.25, 0.3) is 0 Å². The van der Waals surface area contributed by atoms with Gasteiger partial charge in [0.2, 0.25) is 5.95 Å². The average molecular weight is 567 g/mol. The van der Waals surface area contributed by atoms with Gasteiger partial charge in [0.15, 0.2) is 0 Å². The number of hydrogen-bond donors (Lipinski definition) is 4. The molecule has 0 unspecified atom stereocenters. The van der Waals surface area contributed by atoms with Gasteiger partial charge >= 0.3 is 6.61 Å². The predicted octanol–water partition coefficient (Wildman–Crippen LogP) is 5.74. The minimum absolute atomic E-state index is 0.102. The van der Waals surface area contributed by atoms with Crippen LogP contribution in [-0.2, 0) is 6.54 Å². The lowest BCUT2D eigenvalue weighted by Gasteiger charge is -2.56. The van der Waals surface area contributed by atoms with Gasteiger partial charge in [0, 0.05) is 30.7 Å². The molecule has 6 fully saturated rings. The smallest absolute Gasteiger partial charge is 0.387 e. The molecule has 2 aromatic rings. The van der Waals surface area contributed by atoms with Crippen LogP contribution in [0.5, 0.6) is 5.75 Å². The molecule has 8 rings (SSSR count). The zero-order valence-corrected chi connectivity index (χ0v) is 23.5. The quantitative estimate of drug-likeness (QED) is 0.272. The SMILES string of the molecule is N#Cc1cnc(NCc2ccccc2OC(F)F)nc1NCC12CCC(NCC34CCC(O)(CC3)CC4)(CC1)CC2. The number of para-hydroxylation sites is 1. The molecule has 6 aliphatic rings. The lowest BCUT2D eigenvalue weighted by Crippen LogP contribution is -2.59. The monoisotopic (exact) mass is 566 g/mol. The standard InChI is InChI=1S/C31H40F2N6O2/c32-26(33)41-24-4-2-1-3-22(24)18-35-27-36-19-23(17-34)25(39-27)37-20-28-5-11-30(12-6-28,13-7-28)38-21-29-8-14-31(40,15-9-29)16-10-29/h1-4,19,26,38,40H,5-16,18,20-21H2,(H2,35,36,37,39). The lowest BCUT2D eigenvalue weighted by molar-refractivity contribution is -0.0949. The van der Waals surface area contributed by atoms with Gasteiger partial charge in [-0.25, -0.2) is 4.98 Å². The summed E-state index contributed by atoms with van der Waals surface area (Å²) in [6, 6.07) is 8.78. The third kappa shape index (κ3) is 5.98. The highest BCUT2D eigenvalue weighted by atomic mass is 19.3. The van der Waals surface area contributed by atoms with E-state index in [1.165, 1.54) is 12.3 Å². The van der Waals surface area contributed by atoms with E-state index >= 15 is 0 Å². The Morgan fingerprint density at radius 1 is 0.902 bits per heavy atom. The maximum absolute atomic E-state index is 12.8. The van der Waals surface area contributed by atoms with Crippen LogP contribution in [0.2, 0.25) is 0 Å². The summed E-state index contributed by atoms with van der Waals surface area (Å²) in [7, 11) is 0. The molecular weight excluding hydrogens is 526 g/mol. The fourth-order valence-corrected chi connectivity index (χ4v) is 7.67. The molecule has 10 heteroatoms. The highest BCUT2D eigenvalue weighted by Crippen LogP contribution is 2.55. The molecule has 1 aromatic heterocycles. The van der Waals surface area contributed by atoms with Crippen molar-refractivity contribution in [1.29, 1.82) is 5.26 Å². The maximum atomic E-state index is 12.8. The van der Waals surface area contributed by atoms with Crippen LogP contribution in [0.15, 0.2) is 30.5 Å². The van der Waals surface area contributed by atoms with Crippen LogP contribution in [0, 0.1) is 22.2 Å². The van der Waals surface area contributed by atoms with Gasteiger partial charge in [-0.05, 0) is 93.9 Å². The normalized spacial score (nSPS) is 32.1. The summed E-state index contributed by atoms with van der Waals surface area (Å²) in [6.07, 6.45) is 14.7. The molecule has 6 aliphatic carbocycles. The van der Waals surface area contributed by atoms with Crippen LogP contribution in [0.3, 0.4) is 0 Å². The molecule has 0 radical (unpaired) electrons. The van der Waals surface area contributed by atoms with Crippen molar-refractivity contribution < 1.29 is 18.6 Å². The number of fused-ring (bicyclic) bond motifs is 6. The molecule has 8 nitrogen and oxygen atoms in total. The molecule has 1 aromatic carbocycles. The Bertz CT molecular complexity index is 1250. The number of hydrogen-bond acceptors (Lipinski definition) is 8. The zero-order chi connectivity index (χ0) is 28.6. The molecule has 0 saturated heterocycles.